The minimum absolute atomic E-state index is 0. The van der Waals surface area contributed by atoms with E-state index < -0.39 is 10.4 Å². The first-order valence-electron chi connectivity index (χ1n) is 8.79. The van der Waals surface area contributed by atoms with E-state index in [0.717, 1.165) is 25.2 Å². The fourth-order valence-electron chi connectivity index (χ4n) is 5.54. The quantitative estimate of drug-likeness (QED) is 0.396. The van der Waals surface area contributed by atoms with Gasteiger partial charge in [0.25, 0.3) is 0 Å². The van der Waals surface area contributed by atoms with E-state index in [4.69, 9.17) is 17.5 Å². The van der Waals surface area contributed by atoms with Crippen molar-refractivity contribution in [1.82, 2.24) is 0 Å². The third-order valence-corrected chi connectivity index (χ3v) is 6.66. The average Bonchev–Trinajstić information content (AvgIpc) is 2.81. The number of phenolic OH excluding ortho intramolecular Hbond substituents is 1. The van der Waals surface area contributed by atoms with Crippen molar-refractivity contribution in [2.75, 3.05) is 0 Å². The fraction of sp³-hybridized carbons (Fsp3) is 0.667. The van der Waals surface area contributed by atoms with Gasteiger partial charge >= 0.3 is 40.0 Å². The molecule has 8 heteroatoms. The van der Waals surface area contributed by atoms with Gasteiger partial charge in [-0.25, -0.2) is 0 Å². The van der Waals surface area contributed by atoms with Crippen LogP contribution in [0.25, 0.3) is 0 Å². The zero-order valence-corrected chi connectivity index (χ0v) is 15.1. The summed E-state index contributed by atoms with van der Waals surface area (Å²) in [6.07, 6.45) is 6.78. The molecule has 0 unspecified atom stereocenters. The first kappa shape index (κ1) is 22.1. The Morgan fingerprint density at radius 1 is 1.12 bits per heavy atom. The van der Waals surface area contributed by atoms with E-state index in [1.807, 2.05) is 12.1 Å². The minimum atomic E-state index is -4.67. The number of aliphatic hydroxyl groups excluding tert-OH is 1. The molecule has 5 atom stereocenters. The van der Waals surface area contributed by atoms with E-state index in [9.17, 15) is 10.2 Å². The molecule has 1 aromatic carbocycles. The number of benzene rings is 1. The predicted octanol–water partition coefficient (Wildman–Crippen LogP) is 2.31. The SMILES string of the molecule is C[C@]12CC[C@@H]3c4ccc(O)cc4CC[C@H]3[C@@H]1CC[C@H]2O.O=S(=O)(O)O.[NaH]. The van der Waals surface area contributed by atoms with Crippen molar-refractivity contribution in [3.8, 4) is 5.75 Å². The van der Waals surface area contributed by atoms with Crippen LogP contribution in [0, 0.1) is 17.3 Å². The molecule has 0 radical (unpaired) electrons. The van der Waals surface area contributed by atoms with Crippen LogP contribution in [-0.2, 0) is 16.8 Å². The molecule has 4 N–H and O–H groups in total. The normalized spacial score (nSPS) is 35.1. The summed E-state index contributed by atoms with van der Waals surface area (Å²) in [7, 11) is -4.67. The van der Waals surface area contributed by atoms with Gasteiger partial charge in [-0.1, -0.05) is 13.0 Å². The van der Waals surface area contributed by atoms with Gasteiger partial charge in [0.1, 0.15) is 5.75 Å². The Labute approximate surface area is 176 Å². The summed E-state index contributed by atoms with van der Waals surface area (Å²) in [5.41, 5.74) is 2.99. The fourth-order valence-corrected chi connectivity index (χ4v) is 5.54. The van der Waals surface area contributed by atoms with Gasteiger partial charge in [0.15, 0.2) is 0 Å². The summed E-state index contributed by atoms with van der Waals surface area (Å²) < 4.78 is 31.6. The molecule has 26 heavy (non-hydrogen) atoms. The Balaban J connectivity index is 0.000000362. The molecule has 0 bridgehead atoms. The van der Waals surface area contributed by atoms with Gasteiger partial charge in [0.05, 0.1) is 6.10 Å². The topological polar surface area (TPSA) is 115 Å². The molecule has 3 aliphatic rings. The summed E-state index contributed by atoms with van der Waals surface area (Å²) in [6.45, 7) is 2.32. The maximum absolute atomic E-state index is 10.4. The van der Waals surface area contributed by atoms with E-state index >= 15 is 0 Å². The summed E-state index contributed by atoms with van der Waals surface area (Å²) >= 11 is 0. The van der Waals surface area contributed by atoms with Crippen LogP contribution in [0.3, 0.4) is 0 Å². The average molecular weight is 394 g/mol. The van der Waals surface area contributed by atoms with Crippen molar-refractivity contribution in [1.29, 1.82) is 0 Å². The van der Waals surface area contributed by atoms with Gasteiger partial charge in [0, 0.05) is 0 Å². The van der Waals surface area contributed by atoms with E-state index in [1.54, 1.807) is 0 Å². The van der Waals surface area contributed by atoms with Crippen LogP contribution >= 0.6 is 0 Å². The number of phenols is 1. The molecule has 142 valence electrons. The number of aryl methyl sites for hydroxylation is 1. The number of rotatable bonds is 0. The van der Waals surface area contributed by atoms with Crippen LogP contribution in [0.5, 0.6) is 5.75 Å². The van der Waals surface area contributed by atoms with E-state index in [0.29, 0.717) is 17.6 Å². The molecule has 0 aliphatic heterocycles. The van der Waals surface area contributed by atoms with Crippen molar-refractivity contribution < 1.29 is 27.7 Å². The second-order valence-electron chi connectivity index (χ2n) is 7.88. The molecular weight excluding hydrogens is 367 g/mol. The van der Waals surface area contributed by atoms with Gasteiger partial charge in [-0.05, 0) is 85.0 Å². The van der Waals surface area contributed by atoms with Crippen LogP contribution in [0.2, 0.25) is 0 Å². The number of hydrogen-bond donors (Lipinski definition) is 4. The Bertz CT molecular complexity index is 744. The zero-order valence-electron chi connectivity index (χ0n) is 14.3. The van der Waals surface area contributed by atoms with Gasteiger partial charge in [-0.15, -0.1) is 0 Å². The maximum atomic E-state index is 10.4. The Kier molecular flexibility index (Phi) is 6.87. The molecule has 0 amide bonds. The molecule has 6 nitrogen and oxygen atoms in total. The summed E-state index contributed by atoms with van der Waals surface area (Å²) in [5.74, 6) is 2.49. The molecule has 0 saturated heterocycles. The molecule has 1 aromatic rings. The van der Waals surface area contributed by atoms with Crippen molar-refractivity contribution in [3.63, 3.8) is 0 Å². The number of hydrogen-bond acceptors (Lipinski definition) is 4. The molecule has 3 aliphatic carbocycles. The third-order valence-electron chi connectivity index (χ3n) is 6.66. The van der Waals surface area contributed by atoms with Crippen LogP contribution < -0.4 is 0 Å². The standard InChI is InChI=1S/C18H24O2.Na.H2O4S.H/c1-18-9-8-14-13-5-3-12(19)10-11(13)2-4-15(14)16(18)6-7-17(18)20;;1-5(2,3)4;/h3,5,10,14-17,19-20H,2,4,6-9H2,1H3;;(H2,1,2,3,4);/t14-,15-,16+,17-,18+;;;/m1.../s1. The molecule has 2 saturated carbocycles. The van der Waals surface area contributed by atoms with Crippen molar-refractivity contribution in [2.24, 2.45) is 17.3 Å². The van der Waals surface area contributed by atoms with E-state index in [1.165, 1.54) is 30.4 Å². The Hall–Kier alpha value is -0.150. The molecule has 2 fully saturated rings. The molecule has 0 aromatic heterocycles. The predicted molar refractivity (Wildman–Crippen MR) is 100 cm³/mol. The number of fused-ring (bicyclic) bond motifs is 5. The van der Waals surface area contributed by atoms with Crippen LogP contribution in [-0.4, -0.2) is 63.4 Å². The van der Waals surface area contributed by atoms with Crippen LogP contribution in [0.15, 0.2) is 18.2 Å². The molecule has 0 heterocycles. The second-order valence-corrected chi connectivity index (χ2v) is 8.78. The molecular formula is C18H27NaO6S. The third kappa shape index (κ3) is 4.46. The van der Waals surface area contributed by atoms with Crippen molar-refractivity contribution in [2.45, 2.75) is 57.5 Å². The summed E-state index contributed by atoms with van der Waals surface area (Å²) in [5, 5.41) is 20.0. The van der Waals surface area contributed by atoms with Gasteiger partial charge in [-0.3, -0.25) is 9.11 Å². The van der Waals surface area contributed by atoms with Crippen LogP contribution in [0.1, 0.15) is 56.1 Å². The van der Waals surface area contributed by atoms with E-state index in [-0.39, 0.29) is 41.1 Å². The first-order valence-corrected chi connectivity index (χ1v) is 10.2. The summed E-state index contributed by atoms with van der Waals surface area (Å²) in [4.78, 5) is 0. The number of aliphatic hydroxyl groups is 1. The molecule has 4 rings (SSSR count). The van der Waals surface area contributed by atoms with Crippen LogP contribution in [0.4, 0.5) is 0 Å². The Morgan fingerprint density at radius 2 is 1.77 bits per heavy atom. The van der Waals surface area contributed by atoms with Gasteiger partial charge < -0.3 is 10.2 Å². The second kappa shape index (κ2) is 8.07. The van der Waals surface area contributed by atoms with Gasteiger partial charge in [-0.2, -0.15) is 8.42 Å². The monoisotopic (exact) mass is 394 g/mol. The van der Waals surface area contributed by atoms with Crippen molar-refractivity contribution >= 4 is 40.0 Å². The Morgan fingerprint density at radius 3 is 2.42 bits per heavy atom. The van der Waals surface area contributed by atoms with E-state index in [2.05, 4.69) is 13.0 Å². The zero-order chi connectivity index (χ0) is 18.4. The number of aromatic hydroxyl groups is 1. The first-order chi connectivity index (χ1) is 11.6. The summed E-state index contributed by atoms with van der Waals surface area (Å²) in [6, 6.07) is 5.96. The van der Waals surface area contributed by atoms with Crippen molar-refractivity contribution in [3.05, 3.63) is 29.3 Å². The van der Waals surface area contributed by atoms with Gasteiger partial charge in [0.2, 0.25) is 0 Å². The molecule has 0 spiro atoms.